The Morgan fingerprint density at radius 2 is 1.73 bits per heavy atom. The van der Waals surface area contributed by atoms with Crippen LogP contribution < -0.4 is 10.1 Å². The van der Waals surface area contributed by atoms with Crippen LogP contribution in [0.1, 0.15) is 34.7 Å². The predicted molar refractivity (Wildman–Crippen MR) is 107 cm³/mol. The molecule has 0 aliphatic carbocycles. The van der Waals surface area contributed by atoms with Crippen LogP contribution >= 0.6 is 0 Å². The van der Waals surface area contributed by atoms with Crippen LogP contribution in [0.3, 0.4) is 0 Å². The van der Waals surface area contributed by atoms with E-state index in [2.05, 4.69) is 55.3 Å². The number of ether oxygens (including phenoxy) is 1. The van der Waals surface area contributed by atoms with Crippen molar-refractivity contribution in [3.05, 3.63) is 64.7 Å². The summed E-state index contributed by atoms with van der Waals surface area (Å²) in [6.07, 6.45) is 0.348. The minimum Gasteiger partial charge on any atom is -0.493 e. The highest BCUT2D eigenvalue weighted by atomic mass is 16.5. The highest BCUT2D eigenvalue weighted by Crippen LogP contribution is 2.18. The Morgan fingerprint density at radius 3 is 2.35 bits per heavy atom. The molecule has 0 unspecified atom stereocenters. The lowest BCUT2D eigenvalue weighted by Gasteiger charge is -2.25. The second-order valence-corrected chi connectivity index (χ2v) is 7.04. The molecule has 0 heterocycles. The highest BCUT2D eigenvalue weighted by Gasteiger charge is 2.15. The van der Waals surface area contributed by atoms with Crippen molar-refractivity contribution in [2.75, 3.05) is 27.2 Å². The molecule has 4 heteroatoms. The number of benzene rings is 2. The molecule has 2 aromatic carbocycles. The number of hydrogen-bond acceptors (Lipinski definition) is 3. The third-order valence-corrected chi connectivity index (χ3v) is 4.65. The Labute approximate surface area is 157 Å². The van der Waals surface area contributed by atoms with Gasteiger partial charge in [0.2, 0.25) is 5.91 Å². The van der Waals surface area contributed by atoms with E-state index in [0.717, 1.165) is 5.75 Å². The molecule has 0 saturated carbocycles. The molecule has 0 aliphatic heterocycles. The van der Waals surface area contributed by atoms with E-state index in [0.29, 0.717) is 19.6 Å². The minimum absolute atomic E-state index is 0.00722. The molecule has 0 spiro atoms. The maximum Gasteiger partial charge on any atom is 0.223 e. The van der Waals surface area contributed by atoms with Gasteiger partial charge in [-0.25, -0.2) is 0 Å². The number of aryl methyl sites for hydroxylation is 3. The standard InChI is InChI=1S/C22H30N2O2/c1-16-6-9-19(10-7-16)21(24(4)5)15-23-22(25)12-13-26-20-11-8-17(2)18(3)14-20/h6-11,14,21H,12-13,15H2,1-5H3,(H,23,25)/t21-/m1/s1. The number of rotatable bonds is 8. The predicted octanol–water partition coefficient (Wildman–Crippen LogP) is 3.80. The summed E-state index contributed by atoms with van der Waals surface area (Å²) in [6, 6.07) is 14.6. The number of nitrogens with one attached hydrogen (secondary N) is 1. The molecular weight excluding hydrogens is 324 g/mol. The normalized spacial score (nSPS) is 12.1. The van der Waals surface area contributed by atoms with Crippen LogP contribution in [-0.4, -0.2) is 38.1 Å². The van der Waals surface area contributed by atoms with E-state index in [4.69, 9.17) is 4.74 Å². The molecule has 0 radical (unpaired) electrons. The Kier molecular flexibility index (Phi) is 7.22. The van der Waals surface area contributed by atoms with Gasteiger partial charge in [0.05, 0.1) is 19.1 Å². The third-order valence-electron chi connectivity index (χ3n) is 4.65. The molecule has 0 aromatic heterocycles. The van der Waals surface area contributed by atoms with Gasteiger partial charge in [-0.1, -0.05) is 35.9 Å². The Bertz CT molecular complexity index is 723. The molecule has 0 saturated heterocycles. The molecule has 1 N–H and O–H groups in total. The van der Waals surface area contributed by atoms with Crippen LogP contribution in [0.15, 0.2) is 42.5 Å². The number of carbonyl (C=O) groups is 1. The van der Waals surface area contributed by atoms with Crippen molar-refractivity contribution in [1.29, 1.82) is 0 Å². The van der Waals surface area contributed by atoms with Gasteiger partial charge in [0, 0.05) is 6.54 Å². The van der Waals surface area contributed by atoms with Crippen molar-refractivity contribution in [2.45, 2.75) is 33.2 Å². The molecule has 0 aliphatic rings. The summed E-state index contributed by atoms with van der Waals surface area (Å²) in [4.78, 5) is 14.3. The van der Waals surface area contributed by atoms with E-state index in [1.54, 1.807) is 0 Å². The number of likely N-dealkylation sites (N-methyl/N-ethyl adjacent to an activating group) is 1. The molecule has 0 fully saturated rings. The Balaban J connectivity index is 1.80. The van der Waals surface area contributed by atoms with Crippen molar-refractivity contribution in [3.8, 4) is 5.75 Å². The van der Waals surface area contributed by atoms with Crippen LogP contribution in [0.2, 0.25) is 0 Å². The molecule has 140 valence electrons. The van der Waals surface area contributed by atoms with E-state index in [1.807, 2.05) is 32.3 Å². The highest BCUT2D eigenvalue weighted by molar-refractivity contribution is 5.76. The van der Waals surface area contributed by atoms with Crippen LogP contribution in [0.25, 0.3) is 0 Å². The summed E-state index contributed by atoms with van der Waals surface area (Å²) < 4.78 is 5.69. The van der Waals surface area contributed by atoms with Crippen LogP contribution in [0.4, 0.5) is 0 Å². The summed E-state index contributed by atoms with van der Waals surface area (Å²) in [5, 5.41) is 3.02. The first-order valence-corrected chi connectivity index (χ1v) is 9.06. The van der Waals surface area contributed by atoms with Crippen molar-refractivity contribution < 1.29 is 9.53 Å². The van der Waals surface area contributed by atoms with Gasteiger partial charge in [0.15, 0.2) is 0 Å². The van der Waals surface area contributed by atoms with E-state index in [1.165, 1.54) is 22.3 Å². The van der Waals surface area contributed by atoms with Crippen molar-refractivity contribution in [2.24, 2.45) is 0 Å². The number of amides is 1. The van der Waals surface area contributed by atoms with Crippen molar-refractivity contribution in [3.63, 3.8) is 0 Å². The Morgan fingerprint density at radius 1 is 1.04 bits per heavy atom. The lowest BCUT2D eigenvalue weighted by Crippen LogP contribution is -2.35. The molecule has 2 rings (SSSR count). The Hall–Kier alpha value is -2.33. The molecular formula is C22H30N2O2. The molecule has 1 amide bonds. The topological polar surface area (TPSA) is 41.6 Å². The van der Waals surface area contributed by atoms with Crippen LogP contribution in [-0.2, 0) is 4.79 Å². The molecule has 2 aromatic rings. The first-order chi connectivity index (χ1) is 12.4. The van der Waals surface area contributed by atoms with Crippen LogP contribution in [0, 0.1) is 20.8 Å². The minimum atomic E-state index is 0.00722. The van der Waals surface area contributed by atoms with E-state index in [-0.39, 0.29) is 11.9 Å². The van der Waals surface area contributed by atoms with Gasteiger partial charge in [-0.2, -0.15) is 0 Å². The smallest absolute Gasteiger partial charge is 0.223 e. The maximum atomic E-state index is 12.2. The van der Waals surface area contributed by atoms with Gasteiger partial charge in [-0.3, -0.25) is 4.79 Å². The monoisotopic (exact) mass is 354 g/mol. The third kappa shape index (κ3) is 5.88. The van der Waals surface area contributed by atoms with Gasteiger partial charge in [0.1, 0.15) is 5.75 Å². The average Bonchev–Trinajstić information content (AvgIpc) is 2.59. The lowest BCUT2D eigenvalue weighted by molar-refractivity contribution is -0.121. The average molecular weight is 354 g/mol. The second kappa shape index (κ2) is 9.39. The summed E-state index contributed by atoms with van der Waals surface area (Å²) in [7, 11) is 4.05. The summed E-state index contributed by atoms with van der Waals surface area (Å²) in [5.41, 5.74) is 4.87. The molecule has 26 heavy (non-hydrogen) atoms. The van der Waals surface area contributed by atoms with E-state index in [9.17, 15) is 4.79 Å². The fourth-order valence-corrected chi connectivity index (χ4v) is 2.75. The molecule has 1 atom stereocenters. The fourth-order valence-electron chi connectivity index (χ4n) is 2.75. The van der Waals surface area contributed by atoms with E-state index < -0.39 is 0 Å². The number of hydrogen-bond donors (Lipinski definition) is 1. The maximum absolute atomic E-state index is 12.2. The first-order valence-electron chi connectivity index (χ1n) is 9.06. The fraction of sp³-hybridized carbons (Fsp3) is 0.409. The van der Waals surface area contributed by atoms with Gasteiger partial charge < -0.3 is 15.0 Å². The summed E-state index contributed by atoms with van der Waals surface area (Å²) in [5.74, 6) is 0.819. The summed E-state index contributed by atoms with van der Waals surface area (Å²) in [6.45, 7) is 7.17. The largest absolute Gasteiger partial charge is 0.493 e. The number of carbonyl (C=O) groups excluding carboxylic acids is 1. The van der Waals surface area contributed by atoms with Crippen molar-refractivity contribution >= 4 is 5.91 Å². The van der Waals surface area contributed by atoms with Crippen LogP contribution in [0.5, 0.6) is 5.75 Å². The molecule has 0 bridgehead atoms. The SMILES string of the molecule is Cc1ccc([C@@H](CNC(=O)CCOc2ccc(C)c(C)c2)N(C)C)cc1. The van der Waals surface area contributed by atoms with Crippen molar-refractivity contribution in [1.82, 2.24) is 10.2 Å². The lowest BCUT2D eigenvalue weighted by atomic mass is 10.0. The zero-order valence-corrected chi connectivity index (χ0v) is 16.5. The second-order valence-electron chi connectivity index (χ2n) is 7.04. The quantitative estimate of drug-likeness (QED) is 0.784. The number of nitrogens with zero attached hydrogens (tertiary/aromatic N) is 1. The zero-order chi connectivity index (χ0) is 19.1. The zero-order valence-electron chi connectivity index (χ0n) is 16.5. The molecule has 4 nitrogen and oxygen atoms in total. The van der Waals surface area contributed by atoms with Gasteiger partial charge in [-0.05, 0) is 63.7 Å². The van der Waals surface area contributed by atoms with Gasteiger partial charge in [0.25, 0.3) is 0 Å². The summed E-state index contributed by atoms with van der Waals surface area (Å²) >= 11 is 0. The first kappa shape index (κ1) is 20.0. The van der Waals surface area contributed by atoms with Gasteiger partial charge in [-0.15, -0.1) is 0 Å². The van der Waals surface area contributed by atoms with Gasteiger partial charge >= 0.3 is 0 Å². The van der Waals surface area contributed by atoms with E-state index >= 15 is 0 Å².